The summed E-state index contributed by atoms with van der Waals surface area (Å²) >= 11 is 1.36. The van der Waals surface area contributed by atoms with Crippen molar-refractivity contribution in [2.24, 2.45) is 5.73 Å². The molecule has 7 nitrogen and oxygen atoms in total. The minimum Gasteiger partial charge on any atom is -0.484 e. The van der Waals surface area contributed by atoms with Gasteiger partial charge in [-0.1, -0.05) is 23.5 Å². The molecular weight excluding hydrogens is 304 g/mol. The quantitative estimate of drug-likeness (QED) is 0.778. The maximum atomic E-state index is 11.8. The molecule has 0 bridgehead atoms. The number of carbonyl (C=O) groups excluding carboxylic acids is 2. The van der Waals surface area contributed by atoms with Gasteiger partial charge in [-0.05, 0) is 17.7 Å². The molecule has 0 radical (unpaired) electrons. The molecule has 1 aliphatic rings. The molecule has 2 aromatic rings. The number of ether oxygens (including phenoxy) is 1. The Morgan fingerprint density at radius 1 is 1.50 bits per heavy atom. The van der Waals surface area contributed by atoms with Crippen molar-refractivity contribution in [2.75, 3.05) is 17.7 Å². The highest BCUT2D eigenvalue weighted by atomic mass is 32.1. The molecule has 1 aromatic heterocycles. The topological polar surface area (TPSA) is 120 Å². The first-order valence-corrected chi connectivity index (χ1v) is 7.41. The SMILES string of the molecule is NC(=O)COc1cccc([C@H]2CC(=O)Nc3nc(N)sc32)c1. The maximum Gasteiger partial charge on any atom is 0.255 e. The van der Waals surface area contributed by atoms with E-state index in [1.807, 2.05) is 12.1 Å². The molecule has 0 spiro atoms. The number of hydrogen-bond donors (Lipinski definition) is 3. The molecule has 1 aliphatic heterocycles. The molecule has 2 heterocycles. The fourth-order valence-corrected chi connectivity index (χ4v) is 3.30. The molecule has 0 fully saturated rings. The fraction of sp³-hybridized carbons (Fsp3) is 0.214. The number of amides is 2. The van der Waals surface area contributed by atoms with E-state index in [1.165, 1.54) is 11.3 Å². The highest BCUT2D eigenvalue weighted by molar-refractivity contribution is 7.16. The molecule has 114 valence electrons. The van der Waals surface area contributed by atoms with E-state index in [2.05, 4.69) is 10.3 Å². The van der Waals surface area contributed by atoms with E-state index in [-0.39, 0.29) is 18.4 Å². The monoisotopic (exact) mass is 318 g/mol. The van der Waals surface area contributed by atoms with E-state index in [0.717, 1.165) is 10.4 Å². The molecule has 22 heavy (non-hydrogen) atoms. The van der Waals surface area contributed by atoms with Gasteiger partial charge in [0.2, 0.25) is 5.91 Å². The number of rotatable bonds is 4. The van der Waals surface area contributed by atoms with E-state index in [0.29, 0.717) is 23.1 Å². The van der Waals surface area contributed by atoms with E-state index in [9.17, 15) is 9.59 Å². The Morgan fingerprint density at radius 2 is 2.32 bits per heavy atom. The summed E-state index contributed by atoms with van der Waals surface area (Å²) in [6.45, 7) is -0.187. The average Bonchev–Trinajstić information content (AvgIpc) is 2.84. The van der Waals surface area contributed by atoms with Crippen LogP contribution in [0.4, 0.5) is 10.9 Å². The highest BCUT2D eigenvalue weighted by Gasteiger charge is 2.30. The lowest BCUT2D eigenvalue weighted by Crippen LogP contribution is -2.23. The number of nitrogen functional groups attached to an aromatic ring is 1. The first kappa shape index (κ1) is 14.3. The van der Waals surface area contributed by atoms with Gasteiger partial charge in [0, 0.05) is 12.3 Å². The summed E-state index contributed by atoms with van der Waals surface area (Å²) in [4.78, 5) is 27.7. The van der Waals surface area contributed by atoms with Crippen LogP contribution in [0.25, 0.3) is 0 Å². The van der Waals surface area contributed by atoms with Crippen LogP contribution < -0.4 is 21.5 Å². The number of nitrogens with two attached hydrogens (primary N) is 2. The number of fused-ring (bicyclic) bond motifs is 1. The van der Waals surface area contributed by atoms with Crippen molar-refractivity contribution in [1.82, 2.24) is 4.98 Å². The van der Waals surface area contributed by atoms with Crippen molar-refractivity contribution in [1.29, 1.82) is 0 Å². The van der Waals surface area contributed by atoms with Gasteiger partial charge in [0.05, 0.1) is 4.88 Å². The number of benzene rings is 1. The number of primary amides is 1. The third-order valence-electron chi connectivity index (χ3n) is 3.28. The lowest BCUT2D eigenvalue weighted by molar-refractivity contribution is -0.120. The van der Waals surface area contributed by atoms with E-state index in [4.69, 9.17) is 16.2 Å². The van der Waals surface area contributed by atoms with Gasteiger partial charge in [0.15, 0.2) is 11.7 Å². The molecule has 3 rings (SSSR count). The Labute approximate surface area is 130 Å². The van der Waals surface area contributed by atoms with Crippen LogP contribution in [0, 0.1) is 0 Å². The third kappa shape index (κ3) is 2.86. The normalized spacial score (nSPS) is 16.7. The molecular formula is C14H14N4O3S. The summed E-state index contributed by atoms with van der Waals surface area (Å²) in [5.74, 6) is 0.274. The number of hydrogen-bond acceptors (Lipinski definition) is 6. The molecule has 1 atom stereocenters. The number of nitrogens with one attached hydrogen (secondary N) is 1. The molecule has 2 amide bonds. The van der Waals surface area contributed by atoms with E-state index < -0.39 is 5.91 Å². The third-order valence-corrected chi connectivity index (χ3v) is 4.27. The van der Waals surface area contributed by atoms with Crippen molar-refractivity contribution in [3.8, 4) is 5.75 Å². The van der Waals surface area contributed by atoms with Gasteiger partial charge in [-0.15, -0.1) is 0 Å². The lowest BCUT2D eigenvalue weighted by Gasteiger charge is -2.22. The van der Waals surface area contributed by atoms with Gasteiger partial charge in [-0.25, -0.2) is 4.98 Å². The van der Waals surface area contributed by atoms with Crippen molar-refractivity contribution in [3.63, 3.8) is 0 Å². The first-order chi connectivity index (χ1) is 10.5. The average molecular weight is 318 g/mol. The van der Waals surface area contributed by atoms with Crippen LogP contribution in [-0.4, -0.2) is 23.4 Å². The summed E-state index contributed by atoms with van der Waals surface area (Å²) < 4.78 is 5.31. The fourth-order valence-electron chi connectivity index (χ4n) is 2.38. The first-order valence-electron chi connectivity index (χ1n) is 6.60. The molecule has 0 unspecified atom stereocenters. The predicted octanol–water partition coefficient (Wildman–Crippen LogP) is 1.06. The van der Waals surface area contributed by atoms with Crippen LogP contribution in [0.1, 0.15) is 22.8 Å². The van der Waals surface area contributed by atoms with Crippen LogP contribution in [-0.2, 0) is 9.59 Å². The number of anilines is 2. The predicted molar refractivity (Wildman–Crippen MR) is 82.7 cm³/mol. The number of nitrogens with zero attached hydrogens (tertiary/aromatic N) is 1. The van der Waals surface area contributed by atoms with Crippen LogP contribution in [0.2, 0.25) is 0 Å². The van der Waals surface area contributed by atoms with Gasteiger partial charge < -0.3 is 21.5 Å². The molecule has 0 aliphatic carbocycles. The summed E-state index contributed by atoms with van der Waals surface area (Å²) in [5.41, 5.74) is 11.7. The molecule has 5 N–H and O–H groups in total. The Hall–Kier alpha value is -2.61. The number of carbonyl (C=O) groups is 2. The maximum absolute atomic E-state index is 11.8. The smallest absolute Gasteiger partial charge is 0.255 e. The largest absolute Gasteiger partial charge is 0.484 e. The van der Waals surface area contributed by atoms with Crippen LogP contribution in [0.5, 0.6) is 5.75 Å². The summed E-state index contributed by atoms with van der Waals surface area (Å²) in [6.07, 6.45) is 0.313. The molecule has 0 saturated carbocycles. The second-order valence-corrected chi connectivity index (χ2v) is 5.96. The number of aromatic nitrogens is 1. The van der Waals surface area contributed by atoms with Gasteiger partial charge in [-0.2, -0.15) is 0 Å². The zero-order valence-electron chi connectivity index (χ0n) is 11.5. The Morgan fingerprint density at radius 3 is 3.09 bits per heavy atom. The number of thiazole rings is 1. The van der Waals surface area contributed by atoms with Gasteiger partial charge in [0.25, 0.3) is 5.91 Å². The van der Waals surface area contributed by atoms with Crippen molar-refractivity contribution in [3.05, 3.63) is 34.7 Å². The summed E-state index contributed by atoms with van der Waals surface area (Å²) in [7, 11) is 0. The van der Waals surface area contributed by atoms with Crippen LogP contribution in [0.3, 0.4) is 0 Å². The minimum absolute atomic E-state index is 0.105. The Balaban J connectivity index is 1.92. The zero-order chi connectivity index (χ0) is 15.7. The summed E-state index contributed by atoms with van der Waals surface area (Å²) in [5, 5.41) is 3.14. The van der Waals surface area contributed by atoms with Crippen molar-refractivity contribution in [2.45, 2.75) is 12.3 Å². The molecule has 0 saturated heterocycles. The molecule has 1 aromatic carbocycles. The van der Waals surface area contributed by atoms with Crippen molar-refractivity contribution >= 4 is 34.1 Å². The van der Waals surface area contributed by atoms with Crippen LogP contribution >= 0.6 is 11.3 Å². The van der Waals surface area contributed by atoms with Gasteiger partial charge in [-0.3, -0.25) is 9.59 Å². The van der Waals surface area contributed by atoms with Gasteiger partial charge >= 0.3 is 0 Å². The minimum atomic E-state index is -0.542. The van der Waals surface area contributed by atoms with Crippen molar-refractivity contribution < 1.29 is 14.3 Å². The zero-order valence-corrected chi connectivity index (χ0v) is 12.4. The Kier molecular flexibility index (Phi) is 3.68. The lowest BCUT2D eigenvalue weighted by atomic mass is 9.91. The second kappa shape index (κ2) is 5.64. The summed E-state index contributed by atoms with van der Waals surface area (Å²) in [6, 6.07) is 7.24. The van der Waals surface area contributed by atoms with Gasteiger partial charge in [0.1, 0.15) is 11.6 Å². The van der Waals surface area contributed by atoms with E-state index >= 15 is 0 Å². The highest BCUT2D eigenvalue weighted by Crippen LogP contribution is 2.41. The van der Waals surface area contributed by atoms with Crippen LogP contribution in [0.15, 0.2) is 24.3 Å². The molecule has 8 heteroatoms. The second-order valence-electron chi connectivity index (χ2n) is 4.90. The Bertz CT molecular complexity index is 743. The standard InChI is InChI=1S/C14H14N4O3S/c15-10(19)6-21-8-3-1-2-7(4-8)9-5-11(20)17-13-12(9)22-14(16)18-13/h1-4,9H,5-6H2,(H2,15,19)(H2,16,18)(H,17,20)/t9-/m1/s1. The van der Waals surface area contributed by atoms with E-state index in [1.54, 1.807) is 12.1 Å².